The number of Topliss-reactive ketones (excluding diaryl/α,β-unsaturated/α-hetero) is 1. The van der Waals surface area contributed by atoms with Crippen LogP contribution in [-0.4, -0.2) is 23.9 Å². The Morgan fingerprint density at radius 3 is 2.61 bits per heavy atom. The molecular formula is C15H22O2S. The zero-order valence-electron chi connectivity index (χ0n) is 11.7. The molecule has 0 heterocycles. The Morgan fingerprint density at radius 1 is 1.28 bits per heavy atom. The van der Waals surface area contributed by atoms with Crippen LogP contribution in [0.4, 0.5) is 0 Å². The summed E-state index contributed by atoms with van der Waals surface area (Å²) in [4.78, 5) is 12.2. The Hall–Kier alpha value is -0.960. The van der Waals surface area contributed by atoms with Crippen LogP contribution in [0, 0.1) is 13.8 Å². The van der Waals surface area contributed by atoms with Gasteiger partial charge in [0.1, 0.15) is 5.75 Å². The lowest BCUT2D eigenvalue weighted by Crippen LogP contribution is -2.08. The summed E-state index contributed by atoms with van der Waals surface area (Å²) in [6.45, 7) is 8.66. The van der Waals surface area contributed by atoms with Gasteiger partial charge in [-0.2, -0.15) is 11.8 Å². The van der Waals surface area contributed by atoms with Crippen LogP contribution in [0.3, 0.4) is 0 Å². The highest BCUT2D eigenvalue weighted by atomic mass is 32.2. The lowest BCUT2D eigenvalue weighted by atomic mass is 10.0. The SMILES string of the molecule is CCCSCC(=O)c1cc(C)cc(C)c1OCC. The van der Waals surface area contributed by atoms with Crippen molar-refractivity contribution < 1.29 is 9.53 Å². The Labute approximate surface area is 114 Å². The maximum absolute atomic E-state index is 12.2. The van der Waals surface area contributed by atoms with Crippen LogP contribution < -0.4 is 4.74 Å². The number of hydrogen-bond acceptors (Lipinski definition) is 3. The molecule has 0 aliphatic heterocycles. The molecule has 0 aliphatic carbocycles. The van der Waals surface area contributed by atoms with Crippen LogP contribution in [-0.2, 0) is 0 Å². The first-order chi connectivity index (χ1) is 8.60. The van der Waals surface area contributed by atoms with E-state index in [0.717, 1.165) is 34.6 Å². The van der Waals surface area contributed by atoms with E-state index >= 15 is 0 Å². The van der Waals surface area contributed by atoms with E-state index in [1.807, 2.05) is 26.8 Å². The molecule has 0 fully saturated rings. The van der Waals surface area contributed by atoms with E-state index in [4.69, 9.17) is 4.74 Å². The highest BCUT2D eigenvalue weighted by Gasteiger charge is 2.15. The average molecular weight is 266 g/mol. The van der Waals surface area contributed by atoms with Crippen molar-refractivity contribution in [2.45, 2.75) is 34.1 Å². The zero-order chi connectivity index (χ0) is 13.5. The summed E-state index contributed by atoms with van der Waals surface area (Å²) < 4.78 is 5.62. The van der Waals surface area contributed by atoms with Gasteiger partial charge in [-0.1, -0.05) is 13.0 Å². The van der Waals surface area contributed by atoms with Gasteiger partial charge in [0.05, 0.1) is 17.9 Å². The molecule has 0 radical (unpaired) electrons. The molecule has 0 amide bonds. The standard InChI is InChI=1S/C15H22O2S/c1-5-7-18-10-14(16)13-9-11(3)8-12(4)15(13)17-6-2/h8-9H,5-7,10H2,1-4H3. The summed E-state index contributed by atoms with van der Waals surface area (Å²) in [6.07, 6.45) is 1.10. The number of aryl methyl sites for hydroxylation is 2. The molecule has 0 saturated heterocycles. The average Bonchev–Trinajstić information content (AvgIpc) is 2.32. The van der Waals surface area contributed by atoms with Crippen LogP contribution in [0.25, 0.3) is 0 Å². The molecule has 0 atom stereocenters. The maximum Gasteiger partial charge on any atom is 0.176 e. The van der Waals surface area contributed by atoms with Gasteiger partial charge in [-0.25, -0.2) is 0 Å². The third-order valence-corrected chi connectivity index (χ3v) is 3.75. The molecule has 0 aliphatic rings. The number of ketones is 1. The molecule has 2 nitrogen and oxygen atoms in total. The van der Waals surface area contributed by atoms with Gasteiger partial charge >= 0.3 is 0 Å². The van der Waals surface area contributed by atoms with E-state index in [0.29, 0.717) is 12.4 Å². The quantitative estimate of drug-likeness (QED) is 0.550. The predicted molar refractivity (Wildman–Crippen MR) is 79.0 cm³/mol. The molecule has 0 bridgehead atoms. The first-order valence-electron chi connectivity index (χ1n) is 6.45. The fourth-order valence-electron chi connectivity index (χ4n) is 1.88. The Bertz CT molecular complexity index is 413. The summed E-state index contributed by atoms with van der Waals surface area (Å²) >= 11 is 1.69. The largest absolute Gasteiger partial charge is 0.493 e. The van der Waals surface area contributed by atoms with Crippen molar-refractivity contribution in [2.24, 2.45) is 0 Å². The lowest BCUT2D eigenvalue weighted by molar-refractivity contribution is 0.101. The van der Waals surface area contributed by atoms with Crippen molar-refractivity contribution >= 4 is 17.5 Å². The van der Waals surface area contributed by atoms with Gasteiger partial charge in [0.15, 0.2) is 5.78 Å². The molecule has 0 unspecified atom stereocenters. The van der Waals surface area contributed by atoms with E-state index in [1.165, 1.54) is 0 Å². The van der Waals surface area contributed by atoms with Crippen molar-refractivity contribution in [1.29, 1.82) is 0 Å². The van der Waals surface area contributed by atoms with Gasteiger partial charge in [0.25, 0.3) is 0 Å². The second-order valence-corrected chi connectivity index (χ2v) is 5.47. The summed E-state index contributed by atoms with van der Waals surface area (Å²) in [6, 6.07) is 3.99. The minimum Gasteiger partial charge on any atom is -0.493 e. The first kappa shape index (κ1) is 15.1. The topological polar surface area (TPSA) is 26.3 Å². The van der Waals surface area contributed by atoms with Crippen molar-refractivity contribution in [1.82, 2.24) is 0 Å². The summed E-state index contributed by atoms with van der Waals surface area (Å²) in [5.41, 5.74) is 2.89. The fourth-order valence-corrected chi connectivity index (χ4v) is 2.66. The van der Waals surface area contributed by atoms with Crippen LogP contribution in [0.15, 0.2) is 12.1 Å². The lowest BCUT2D eigenvalue weighted by Gasteiger charge is -2.13. The Kier molecular flexibility index (Phi) is 6.27. The van der Waals surface area contributed by atoms with Gasteiger partial charge < -0.3 is 4.74 Å². The van der Waals surface area contributed by atoms with E-state index in [2.05, 4.69) is 13.0 Å². The fraction of sp³-hybridized carbons (Fsp3) is 0.533. The molecule has 0 spiro atoms. The van der Waals surface area contributed by atoms with E-state index in [9.17, 15) is 4.79 Å². The second kappa shape index (κ2) is 7.47. The molecule has 3 heteroatoms. The second-order valence-electron chi connectivity index (χ2n) is 4.37. The molecule has 1 aromatic rings. The molecule has 0 aromatic heterocycles. The molecule has 0 N–H and O–H groups in total. The van der Waals surface area contributed by atoms with Crippen molar-refractivity contribution in [3.05, 3.63) is 28.8 Å². The number of ether oxygens (including phenoxy) is 1. The number of rotatable bonds is 7. The molecule has 0 saturated carbocycles. The highest BCUT2D eigenvalue weighted by Crippen LogP contribution is 2.26. The molecular weight excluding hydrogens is 244 g/mol. The molecule has 100 valence electrons. The van der Waals surface area contributed by atoms with Crippen LogP contribution in [0.1, 0.15) is 41.8 Å². The first-order valence-corrected chi connectivity index (χ1v) is 7.60. The minimum absolute atomic E-state index is 0.170. The Morgan fingerprint density at radius 2 is 2.00 bits per heavy atom. The highest BCUT2D eigenvalue weighted by molar-refractivity contribution is 7.99. The molecule has 18 heavy (non-hydrogen) atoms. The van der Waals surface area contributed by atoms with Gasteiger partial charge in [-0.15, -0.1) is 0 Å². The van der Waals surface area contributed by atoms with Crippen molar-refractivity contribution in [2.75, 3.05) is 18.1 Å². The number of hydrogen-bond donors (Lipinski definition) is 0. The third-order valence-electron chi connectivity index (χ3n) is 2.59. The number of carbonyl (C=O) groups excluding carboxylic acids is 1. The third kappa shape index (κ3) is 4.05. The monoisotopic (exact) mass is 266 g/mol. The number of carbonyl (C=O) groups is 1. The number of thioether (sulfide) groups is 1. The molecule has 1 rings (SSSR count). The maximum atomic E-state index is 12.2. The number of benzene rings is 1. The van der Waals surface area contributed by atoms with Crippen LogP contribution in [0.5, 0.6) is 5.75 Å². The van der Waals surface area contributed by atoms with Crippen molar-refractivity contribution in [3.8, 4) is 5.75 Å². The van der Waals surface area contributed by atoms with E-state index in [1.54, 1.807) is 11.8 Å². The predicted octanol–water partition coefficient (Wildman–Crippen LogP) is 4.03. The van der Waals surface area contributed by atoms with E-state index < -0.39 is 0 Å². The smallest absolute Gasteiger partial charge is 0.176 e. The van der Waals surface area contributed by atoms with Gasteiger partial charge in [-0.3, -0.25) is 4.79 Å². The van der Waals surface area contributed by atoms with Crippen LogP contribution >= 0.6 is 11.8 Å². The summed E-state index contributed by atoms with van der Waals surface area (Å²) in [7, 11) is 0. The summed E-state index contributed by atoms with van der Waals surface area (Å²) in [5.74, 6) is 2.49. The minimum atomic E-state index is 0.170. The van der Waals surface area contributed by atoms with Gasteiger partial charge in [0.2, 0.25) is 0 Å². The zero-order valence-corrected chi connectivity index (χ0v) is 12.5. The van der Waals surface area contributed by atoms with Gasteiger partial charge in [0, 0.05) is 0 Å². The van der Waals surface area contributed by atoms with Crippen LogP contribution in [0.2, 0.25) is 0 Å². The van der Waals surface area contributed by atoms with Crippen molar-refractivity contribution in [3.63, 3.8) is 0 Å². The summed E-state index contributed by atoms with van der Waals surface area (Å²) in [5, 5.41) is 0. The normalized spacial score (nSPS) is 10.4. The van der Waals surface area contributed by atoms with Gasteiger partial charge in [-0.05, 0) is 50.1 Å². The Balaban J connectivity index is 2.94. The molecule has 1 aromatic carbocycles. The van der Waals surface area contributed by atoms with E-state index in [-0.39, 0.29) is 5.78 Å².